The summed E-state index contributed by atoms with van der Waals surface area (Å²) < 4.78 is 7.83. The van der Waals surface area contributed by atoms with Gasteiger partial charge in [0.05, 0.1) is 24.1 Å². The molecule has 3 aromatic rings. The van der Waals surface area contributed by atoms with Crippen LogP contribution in [0, 0.1) is 0 Å². The van der Waals surface area contributed by atoms with Crippen molar-refractivity contribution < 1.29 is 19.7 Å². The molecule has 0 spiro atoms. The number of methoxy groups -OCH3 is 1. The number of likely N-dealkylation sites (tertiary alicyclic amines) is 1. The van der Waals surface area contributed by atoms with Crippen LogP contribution in [0.3, 0.4) is 0 Å². The van der Waals surface area contributed by atoms with Crippen LogP contribution in [0.1, 0.15) is 58.6 Å². The van der Waals surface area contributed by atoms with E-state index in [1.165, 1.54) is 16.6 Å². The van der Waals surface area contributed by atoms with Crippen LogP contribution in [0.15, 0.2) is 29.2 Å². The minimum Gasteiger partial charge on any atom is -0.494 e. The number of pyridine rings is 1. The summed E-state index contributed by atoms with van der Waals surface area (Å²) in [5, 5.41) is 19.7. The van der Waals surface area contributed by atoms with Crippen molar-refractivity contribution >= 4 is 40.6 Å². The van der Waals surface area contributed by atoms with E-state index in [4.69, 9.17) is 4.74 Å². The van der Waals surface area contributed by atoms with E-state index in [9.17, 15) is 19.8 Å². The minimum atomic E-state index is -1.20. The van der Waals surface area contributed by atoms with E-state index in [0.717, 1.165) is 55.6 Å². The van der Waals surface area contributed by atoms with Gasteiger partial charge in [-0.1, -0.05) is 0 Å². The topological polar surface area (TPSA) is 92.0 Å². The van der Waals surface area contributed by atoms with Gasteiger partial charge in [-0.05, 0) is 55.9 Å². The second-order valence-electron chi connectivity index (χ2n) is 9.36. The average Bonchev–Trinajstić information content (AvgIpc) is 3.53. The first-order valence-corrected chi connectivity index (χ1v) is 12.3. The largest absolute Gasteiger partial charge is 0.494 e. The molecular weight excluding hydrogens is 476 g/mol. The Bertz CT molecular complexity index is 1340. The van der Waals surface area contributed by atoms with Gasteiger partial charge in [-0.15, -0.1) is 23.7 Å². The molecule has 1 aliphatic heterocycles. The molecule has 9 heteroatoms. The van der Waals surface area contributed by atoms with Crippen molar-refractivity contribution in [3.05, 3.63) is 50.6 Å². The van der Waals surface area contributed by atoms with Gasteiger partial charge in [-0.3, -0.25) is 9.69 Å². The number of carboxylic acid groups (broad SMARTS) is 1. The Labute approximate surface area is 207 Å². The first-order chi connectivity index (χ1) is 16.0. The number of aliphatic hydroxyl groups excluding tert-OH is 1. The summed E-state index contributed by atoms with van der Waals surface area (Å²) in [6.07, 6.45) is 6.48. The van der Waals surface area contributed by atoms with Crippen LogP contribution in [0.5, 0.6) is 5.75 Å². The number of thiophene rings is 1. The van der Waals surface area contributed by atoms with Crippen molar-refractivity contribution in [3.63, 3.8) is 0 Å². The number of aromatic carboxylic acids is 1. The molecule has 180 valence electrons. The minimum absolute atomic E-state index is 0. The molecule has 0 amide bonds. The number of fused-ring (bicyclic) bond motifs is 2. The van der Waals surface area contributed by atoms with Crippen molar-refractivity contribution in [3.8, 4) is 16.2 Å². The second kappa shape index (κ2) is 8.68. The number of aryl methyl sites for hydroxylation is 1. The molecule has 0 radical (unpaired) electrons. The molecule has 3 aliphatic rings. The van der Waals surface area contributed by atoms with Gasteiger partial charge in [0, 0.05) is 46.7 Å². The van der Waals surface area contributed by atoms with Crippen LogP contribution < -0.4 is 10.2 Å². The fourth-order valence-electron chi connectivity index (χ4n) is 5.40. The van der Waals surface area contributed by atoms with E-state index >= 15 is 0 Å². The molecule has 2 aromatic heterocycles. The highest BCUT2D eigenvalue weighted by molar-refractivity contribution is 7.15. The van der Waals surface area contributed by atoms with Crippen LogP contribution >= 0.6 is 23.7 Å². The van der Waals surface area contributed by atoms with Gasteiger partial charge in [-0.25, -0.2) is 4.79 Å². The molecule has 2 N–H and O–H groups in total. The highest BCUT2D eigenvalue weighted by atomic mass is 35.5. The first kappa shape index (κ1) is 23.4. The molecule has 1 aromatic carbocycles. The maximum absolute atomic E-state index is 13.0. The van der Waals surface area contributed by atoms with Crippen molar-refractivity contribution in [2.75, 3.05) is 20.2 Å². The zero-order chi connectivity index (χ0) is 22.9. The zero-order valence-corrected chi connectivity index (χ0v) is 20.5. The number of carboxylic acids is 1. The lowest BCUT2D eigenvalue weighted by Crippen LogP contribution is -2.52. The molecule has 2 fully saturated rings. The Balaban J connectivity index is 0.00000241. The van der Waals surface area contributed by atoms with E-state index in [-0.39, 0.29) is 30.1 Å². The molecule has 7 nitrogen and oxygen atoms in total. The van der Waals surface area contributed by atoms with Gasteiger partial charge >= 0.3 is 5.97 Å². The number of ether oxygens (including phenoxy) is 1. The average molecular weight is 503 g/mol. The molecule has 1 atom stereocenters. The molecule has 34 heavy (non-hydrogen) atoms. The van der Waals surface area contributed by atoms with Crippen LogP contribution in [0.25, 0.3) is 21.3 Å². The fraction of sp³-hybridized carbons (Fsp3) is 0.440. The number of rotatable bonds is 5. The number of nitrogens with zero attached hydrogens (tertiary/aromatic N) is 2. The molecule has 1 saturated heterocycles. The molecule has 2 aliphatic carbocycles. The first-order valence-electron chi connectivity index (χ1n) is 11.5. The Hall–Kier alpha value is -2.39. The predicted octanol–water partition coefficient (Wildman–Crippen LogP) is 4.25. The number of β-amino-alcohol motifs (C(OH)–C–C–N with tert-alkyl or cyclic N) is 1. The van der Waals surface area contributed by atoms with E-state index < -0.39 is 11.4 Å². The third-order valence-corrected chi connectivity index (χ3v) is 8.44. The van der Waals surface area contributed by atoms with Crippen LogP contribution in [-0.4, -0.2) is 52.0 Å². The van der Waals surface area contributed by atoms with Gasteiger partial charge in [0.25, 0.3) is 0 Å². The van der Waals surface area contributed by atoms with E-state index in [0.29, 0.717) is 22.7 Å². The Morgan fingerprint density at radius 3 is 2.62 bits per heavy atom. The van der Waals surface area contributed by atoms with E-state index in [2.05, 4.69) is 11.0 Å². The third-order valence-electron chi connectivity index (χ3n) is 7.20. The third kappa shape index (κ3) is 3.64. The SMILES string of the molecule is COc1c(-c2cc3c(s2)CCCC3N2CC(O)C2)ccc2c(=O)c(C(=O)O)cn(C3CC3)c12.Cl. The maximum Gasteiger partial charge on any atom is 0.341 e. The second-order valence-corrected chi connectivity index (χ2v) is 10.5. The number of aromatic nitrogens is 1. The standard InChI is InChI=1S/C25H26N2O5S.ClH/c1-32-24-15(21-9-17-19(26-10-14(28)11-26)3-2-4-20(17)33-21)7-8-16-22(24)27(13-5-6-13)12-18(23(16)29)25(30)31;/h7-9,12-14,19,28H,2-6,10-11H2,1H3,(H,30,31);1H. The molecule has 1 saturated carbocycles. The lowest BCUT2D eigenvalue weighted by Gasteiger charge is -2.43. The van der Waals surface area contributed by atoms with Gasteiger partial charge in [0.1, 0.15) is 5.56 Å². The van der Waals surface area contributed by atoms with Crippen LogP contribution in [0.2, 0.25) is 0 Å². The summed E-state index contributed by atoms with van der Waals surface area (Å²) in [6.45, 7) is 1.46. The summed E-state index contributed by atoms with van der Waals surface area (Å²) >= 11 is 1.77. The van der Waals surface area contributed by atoms with Crippen molar-refractivity contribution in [1.29, 1.82) is 0 Å². The number of hydrogen-bond donors (Lipinski definition) is 2. The molecule has 1 unspecified atom stereocenters. The number of hydrogen-bond acceptors (Lipinski definition) is 6. The summed E-state index contributed by atoms with van der Waals surface area (Å²) in [4.78, 5) is 29.5. The zero-order valence-electron chi connectivity index (χ0n) is 18.8. The molecule has 6 rings (SSSR count). The summed E-state index contributed by atoms with van der Waals surface area (Å²) in [5.41, 5.74) is 2.29. The fourth-order valence-corrected chi connectivity index (χ4v) is 6.68. The maximum atomic E-state index is 13.0. The summed E-state index contributed by atoms with van der Waals surface area (Å²) in [5.74, 6) is -0.574. The smallest absolute Gasteiger partial charge is 0.341 e. The van der Waals surface area contributed by atoms with E-state index in [1.807, 2.05) is 10.6 Å². The van der Waals surface area contributed by atoms with Gasteiger partial charge in [-0.2, -0.15) is 0 Å². The Kier molecular flexibility index (Phi) is 5.96. The normalized spacial score (nSPS) is 20.5. The van der Waals surface area contributed by atoms with Crippen LogP contribution in [-0.2, 0) is 6.42 Å². The number of halogens is 1. The molecular formula is C25H27ClN2O5S. The highest BCUT2D eigenvalue weighted by Gasteiger charge is 2.36. The Morgan fingerprint density at radius 1 is 1.21 bits per heavy atom. The molecule has 3 heterocycles. The predicted molar refractivity (Wildman–Crippen MR) is 134 cm³/mol. The van der Waals surface area contributed by atoms with Crippen molar-refractivity contribution in [2.45, 2.75) is 50.3 Å². The lowest BCUT2D eigenvalue weighted by atomic mass is 9.90. The number of aliphatic hydroxyl groups is 1. The lowest BCUT2D eigenvalue weighted by molar-refractivity contribution is -0.0293. The van der Waals surface area contributed by atoms with Crippen LogP contribution in [0.4, 0.5) is 0 Å². The Morgan fingerprint density at radius 2 is 1.97 bits per heavy atom. The van der Waals surface area contributed by atoms with Gasteiger partial charge in [0.2, 0.25) is 5.43 Å². The molecule has 0 bridgehead atoms. The summed E-state index contributed by atoms with van der Waals surface area (Å²) in [7, 11) is 1.61. The van der Waals surface area contributed by atoms with Gasteiger partial charge in [0.15, 0.2) is 5.75 Å². The number of benzene rings is 1. The number of carbonyl (C=O) groups is 1. The van der Waals surface area contributed by atoms with Gasteiger partial charge < -0.3 is 19.5 Å². The van der Waals surface area contributed by atoms with Crippen molar-refractivity contribution in [1.82, 2.24) is 9.47 Å². The summed E-state index contributed by atoms with van der Waals surface area (Å²) in [6, 6.07) is 6.43. The highest BCUT2D eigenvalue weighted by Crippen LogP contribution is 2.47. The van der Waals surface area contributed by atoms with E-state index in [1.54, 1.807) is 24.5 Å². The van der Waals surface area contributed by atoms with Crippen molar-refractivity contribution in [2.24, 2.45) is 0 Å². The monoisotopic (exact) mass is 502 g/mol. The quantitative estimate of drug-likeness (QED) is 0.542.